The van der Waals surface area contributed by atoms with Crippen molar-refractivity contribution in [3.8, 4) is 5.75 Å². The molecule has 0 unspecified atom stereocenters. The van der Waals surface area contributed by atoms with Gasteiger partial charge in [0.15, 0.2) is 5.96 Å². The Morgan fingerprint density at radius 2 is 1.95 bits per heavy atom. The lowest BCUT2D eigenvalue weighted by atomic mass is 10.2. The van der Waals surface area contributed by atoms with Gasteiger partial charge in [-0.25, -0.2) is 4.99 Å². The van der Waals surface area contributed by atoms with Crippen molar-refractivity contribution < 1.29 is 4.74 Å². The molecule has 0 radical (unpaired) electrons. The van der Waals surface area contributed by atoms with E-state index >= 15 is 0 Å². The van der Waals surface area contributed by atoms with Gasteiger partial charge in [-0.3, -0.25) is 0 Å². The molecule has 0 atom stereocenters. The van der Waals surface area contributed by atoms with Crippen molar-refractivity contribution in [1.29, 1.82) is 0 Å². The number of aliphatic imine (C=N–C) groups is 1. The van der Waals surface area contributed by atoms with Crippen LogP contribution in [0.5, 0.6) is 5.75 Å². The van der Waals surface area contributed by atoms with Crippen molar-refractivity contribution in [2.24, 2.45) is 10.7 Å². The number of guanidine groups is 1. The van der Waals surface area contributed by atoms with E-state index in [1.54, 1.807) is 0 Å². The molecule has 3 N–H and O–H groups in total. The lowest BCUT2D eigenvalue weighted by molar-refractivity contribution is 0.317. The van der Waals surface area contributed by atoms with Gasteiger partial charge in [0, 0.05) is 5.69 Å². The summed E-state index contributed by atoms with van der Waals surface area (Å²) in [6.45, 7) is 3.34. The van der Waals surface area contributed by atoms with Gasteiger partial charge < -0.3 is 15.8 Å². The quantitative estimate of drug-likeness (QED) is 0.631. The van der Waals surface area contributed by atoms with Crippen LogP contribution in [0.15, 0.2) is 59.6 Å². The van der Waals surface area contributed by atoms with Gasteiger partial charge in [0.05, 0.1) is 13.2 Å². The fourth-order valence-electron chi connectivity index (χ4n) is 1.84. The van der Waals surface area contributed by atoms with Crippen molar-refractivity contribution in [3.63, 3.8) is 0 Å². The van der Waals surface area contributed by atoms with Crippen molar-refractivity contribution in [3.05, 3.63) is 60.2 Å². The Labute approximate surface area is 125 Å². The lowest BCUT2D eigenvalue weighted by Gasteiger charge is -2.07. The second-order valence-electron chi connectivity index (χ2n) is 4.69. The Morgan fingerprint density at radius 3 is 2.71 bits per heavy atom. The maximum Gasteiger partial charge on any atom is 0.193 e. The Balaban J connectivity index is 1.93. The third kappa shape index (κ3) is 5.18. The Morgan fingerprint density at radius 1 is 1.14 bits per heavy atom. The molecule has 2 aromatic rings. The number of hydrogen-bond acceptors (Lipinski definition) is 2. The summed E-state index contributed by atoms with van der Waals surface area (Å²) >= 11 is 0. The molecule has 0 amide bonds. The summed E-state index contributed by atoms with van der Waals surface area (Å²) in [7, 11) is 0. The molecule has 21 heavy (non-hydrogen) atoms. The van der Waals surface area contributed by atoms with E-state index in [2.05, 4.69) is 17.2 Å². The highest BCUT2D eigenvalue weighted by Gasteiger charge is 1.98. The molecule has 0 aliphatic rings. The molecular formula is C17H21N3O. The van der Waals surface area contributed by atoms with Crippen LogP contribution in [0.25, 0.3) is 0 Å². The van der Waals surface area contributed by atoms with Gasteiger partial charge in [-0.1, -0.05) is 37.3 Å². The van der Waals surface area contributed by atoms with E-state index in [-0.39, 0.29) is 0 Å². The number of benzene rings is 2. The minimum Gasteiger partial charge on any atom is -0.494 e. The zero-order valence-electron chi connectivity index (χ0n) is 12.3. The number of nitrogens with two attached hydrogens (primary N) is 1. The van der Waals surface area contributed by atoms with E-state index in [1.807, 2.05) is 54.6 Å². The number of nitrogens with zero attached hydrogens (tertiary/aromatic N) is 1. The number of nitrogens with one attached hydrogen (secondary N) is 1. The Kier molecular flexibility index (Phi) is 5.64. The molecule has 0 aliphatic heterocycles. The number of rotatable bonds is 6. The fraction of sp³-hybridized carbons (Fsp3) is 0.235. The van der Waals surface area contributed by atoms with Gasteiger partial charge in [0.25, 0.3) is 0 Å². The van der Waals surface area contributed by atoms with Crippen LogP contribution >= 0.6 is 0 Å². The first-order chi connectivity index (χ1) is 10.3. The van der Waals surface area contributed by atoms with Crippen LogP contribution in [0, 0.1) is 0 Å². The van der Waals surface area contributed by atoms with Gasteiger partial charge in [0.2, 0.25) is 0 Å². The van der Waals surface area contributed by atoms with Crippen LogP contribution < -0.4 is 15.8 Å². The summed E-state index contributed by atoms with van der Waals surface area (Å²) < 4.78 is 5.60. The molecule has 0 aromatic heterocycles. The summed E-state index contributed by atoms with van der Waals surface area (Å²) in [5.74, 6) is 1.28. The highest BCUT2D eigenvalue weighted by molar-refractivity contribution is 5.92. The molecule has 0 saturated carbocycles. The van der Waals surface area contributed by atoms with E-state index < -0.39 is 0 Å². The minimum atomic E-state index is 0.404. The van der Waals surface area contributed by atoms with Crippen LogP contribution in [0.1, 0.15) is 18.9 Å². The molecule has 4 nitrogen and oxygen atoms in total. The summed E-state index contributed by atoms with van der Waals surface area (Å²) in [5.41, 5.74) is 7.88. The molecule has 2 aromatic carbocycles. The average molecular weight is 283 g/mol. The molecule has 4 heteroatoms. The normalized spacial score (nSPS) is 11.2. The van der Waals surface area contributed by atoms with Gasteiger partial charge in [-0.15, -0.1) is 0 Å². The second-order valence-corrected chi connectivity index (χ2v) is 4.69. The zero-order chi connectivity index (χ0) is 14.9. The third-order valence-corrected chi connectivity index (χ3v) is 2.85. The predicted molar refractivity (Wildman–Crippen MR) is 87.6 cm³/mol. The average Bonchev–Trinajstić information content (AvgIpc) is 2.52. The molecule has 0 fully saturated rings. The standard InChI is InChI=1S/C17H21N3O/c1-2-11-21-16-10-6-7-14(12-16)13-19-17(18)20-15-8-4-3-5-9-15/h3-10,12H,2,11,13H2,1H3,(H3,18,19,20). The first-order valence-electron chi connectivity index (χ1n) is 7.11. The van der Waals surface area contributed by atoms with E-state index in [4.69, 9.17) is 10.5 Å². The van der Waals surface area contributed by atoms with E-state index in [1.165, 1.54) is 0 Å². The van der Waals surface area contributed by atoms with Crippen molar-refractivity contribution in [2.45, 2.75) is 19.9 Å². The topological polar surface area (TPSA) is 59.6 Å². The maximum absolute atomic E-state index is 5.88. The van der Waals surface area contributed by atoms with Gasteiger partial charge in [-0.05, 0) is 36.2 Å². The summed E-state index contributed by atoms with van der Waals surface area (Å²) in [6, 6.07) is 17.7. The van der Waals surface area contributed by atoms with Crippen LogP contribution in [-0.2, 0) is 6.54 Å². The third-order valence-electron chi connectivity index (χ3n) is 2.85. The number of hydrogen-bond donors (Lipinski definition) is 2. The SMILES string of the molecule is CCCOc1cccc(CN=C(N)Nc2ccccc2)c1. The van der Waals surface area contributed by atoms with E-state index in [0.29, 0.717) is 12.5 Å². The van der Waals surface area contributed by atoms with Crippen LogP contribution in [-0.4, -0.2) is 12.6 Å². The van der Waals surface area contributed by atoms with Crippen molar-refractivity contribution >= 4 is 11.6 Å². The first-order valence-corrected chi connectivity index (χ1v) is 7.11. The van der Waals surface area contributed by atoms with E-state index in [9.17, 15) is 0 Å². The lowest BCUT2D eigenvalue weighted by Crippen LogP contribution is -2.22. The fourth-order valence-corrected chi connectivity index (χ4v) is 1.84. The number of para-hydroxylation sites is 1. The molecule has 0 aliphatic carbocycles. The monoisotopic (exact) mass is 283 g/mol. The Bertz CT molecular complexity index is 582. The van der Waals surface area contributed by atoms with Gasteiger partial charge in [-0.2, -0.15) is 0 Å². The highest BCUT2D eigenvalue weighted by Crippen LogP contribution is 2.14. The largest absolute Gasteiger partial charge is 0.494 e. The summed E-state index contributed by atoms with van der Waals surface area (Å²) in [4.78, 5) is 4.34. The van der Waals surface area contributed by atoms with Crippen molar-refractivity contribution in [1.82, 2.24) is 0 Å². The molecule has 0 spiro atoms. The molecule has 0 bridgehead atoms. The maximum atomic E-state index is 5.88. The van der Waals surface area contributed by atoms with E-state index in [0.717, 1.165) is 30.0 Å². The molecule has 2 rings (SSSR count). The Hall–Kier alpha value is -2.49. The van der Waals surface area contributed by atoms with Crippen molar-refractivity contribution in [2.75, 3.05) is 11.9 Å². The van der Waals surface area contributed by atoms with Crippen LogP contribution in [0.2, 0.25) is 0 Å². The number of anilines is 1. The highest BCUT2D eigenvalue weighted by atomic mass is 16.5. The molecule has 0 heterocycles. The summed E-state index contributed by atoms with van der Waals surface area (Å²) in [6.07, 6.45) is 0.996. The van der Waals surface area contributed by atoms with Gasteiger partial charge in [0.1, 0.15) is 5.75 Å². The van der Waals surface area contributed by atoms with Crippen LogP contribution in [0.3, 0.4) is 0 Å². The molecule has 110 valence electrons. The minimum absolute atomic E-state index is 0.404. The summed E-state index contributed by atoms with van der Waals surface area (Å²) in [5, 5.41) is 3.06. The molecule has 0 saturated heterocycles. The van der Waals surface area contributed by atoms with Crippen LogP contribution in [0.4, 0.5) is 5.69 Å². The first kappa shape index (κ1) is 14.9. The smallest absolute Gasteiger partial charge is 0.193 e. The predicted octanol–water partition coefficient (Wildman–Crippen LogP) is 3.40. The second kappa shape index (κ2) is 7.94. The van der Waals surface area contributed by atoms with Gasteiger partial charge >= 0.3 is 0 Å². The zero-order valence-corrected chi connectivity index (χ0v) is 12.3. The molecular weight excluding hydrogens is 262 g/mol. The number of ether oxygens (including phenoxy) is 1.